The molecule has 0 radical (unpaired) electrons. The number of hydrogen-bond donors (Lipinski definition) is 1. The van der Waals surface area contributed by atoms with E-state index in [9.17, 15) is 0 Å². The predicted octanol–water partition coefficient (Wildman–Crippen LogP) is 3.70. The number of hydrogen-bond acceptors (Lipinski definition) is 6. The molecular weight excluding hydrogens is 390 g/mol. The first-order valence-electron chi connectivity index (χ1n) is 10.4. The Morgan fingerprint density at radius 1 is 1.19 bits per heavy atom. The van der Waals surface area contributed by atoms with Crippen LogP contribution in [0.15, 0.2) is 36.7 Å². The molecular formula is C23H25N7O. The summed E-state index contributed by atoms with van der Waals surface area (Å²) in [5.41, 5.74) is 14.1. The van der Waals surface area contributed by atoms with E-state index in [0.29, 0.717) is 18.0 Å². The van der Waals surface area contributed by atoms with E-state index >= 15 is 0 Å². The van der Waals surface area contributed by atoms with Crippen molar-refractivity contribution < 1.29 is 4.74 Å². The highest BCUT2D eigenvalue weighted by molar-refractivity contribution is 5.71. The lowest BCUT2D eigenvalue weighted by atomic mass is 9.95. The molecule has 8 heteroatoms. The lowest BCUT2D eigenvalue weighted by Gasteiger charge is -2.21. The summed E-state index contributed by atoms with van der Waals surface area (Å²) in [6.07, 6.45) is 4.04. The van der Waals surface area contributed by atoms with Crippen LogP contribution in [0.5, 0.6) is 5.75 Å². The van der Waals surface area contributed by atoms with Gasteiger partial charge in [0.2, 0.25) is 0 Å². The first-order valence-corrected chi connectivity index (χ1v) is 10.4. The minimum Gasteiger partial charge on any atom is -0.482 e. The number of benzene rings is 1. The van der Waals surface area contributed by atoms with Crippen molar-refractivity contribution in [1.29, 1.82) is 0 Å². The Kier molecular flexibility index (Phi) is 4.50. The molecule has 8 nitrogen and oxygen atoms in total. The molecule has 1 aliphatic rings. The molecule has 4 aromatic rings. The number of anilines is 1. The molecule has 158 valence electrons. The second-order valence-electron chi connectivity index (χ2n) is 7.95. The highest BCUT2D eigenvalue weighted by Crippen LogP contribution is 2.37. The van der Waals surface area contributed by atoms with Crippen LogP contribution >= 0.6 is 0 Å². The third-order valence-corrected chi connectivity index (χ3v) is 5.72. The first kappa shape index (κ1) is 19.3. The van der Waals surface area contributed by atoms with Gasteiger partial charge in [0.15, 0.2) is 11.6 Å². The highest BCUT2D eigenvalue weighted by atomic mass is 16.5. The molecule has 0 aliphatic carbocycles. The van der Waals surface area contributed by atoms with Gasteiger partial charge in [-0.15, -0.1) is 0 Å². The van der Waals surface area contributed by atoms with E-state index in [0.717, 1.165) is 51.4 Å². The fourth-order valence-corrected chi connectivity index (χ4v) is 4.25. The summed E-state index contributed by atoms with van der Waals surface area (Å²) >= 11 is 0. The van der Waals surface area contributed by atoms with Crippen LogP contribution in [-0.2, 0) is 20.0 Å². The number of nitrogens with two attached hydrogens (primary N) is 1. The van der Waals surface area contributed by atoms with Crippen LogP contribution < -0.4 is 10.5 Å². The lowest BCUT2D eigenvalue weighted by Crippen LogP contribution is -2.10. The SMILES string of the molecule is CCn1ncc2c1-c1cnc(N)c(c1)O[C@H](C)c1cc(C)ccc1-c1nn(C)nc1C2. The van der Waals surface area contributed by atoms with Crippen molar-refractivity contribution in [3.63, 3.8) is 0 Å². The van der Waals surface area contributed by atoms with Gasteiger partial charge in [-0.25, -0.2) is 4.98 Å². The summed E-state index contributed by atoms with van der Waals surface area (Å²) in [4.78, 5) is 6.05. The zero-order valence-electron chi connectivity index (χ0n) is 18.1. The number of nitrogens with zero attached hydrogens (tertiary/aromatic N) is 6. The third kappa shape index (κ3) is 3.24. The number of aryl methyl sites for hydroxylation is 3. The molecule has 0 saturated heterocycles. The summed E-state index contributed by atoms with van der Waals surface area (Å²) in [5, 5.41) is 14.0. The standard InChI is InChI=1S/C23H25N7O/c1-5-30-22-15(12-26-30)9-19-21(28-29(4)27-19)17-7-6-13(2)8-18(17)14(3)31-20-10-16(22)11-25-23(20)24/h6-8,10-12,14H,5,9H2,1-4H3,(H2,24,25)/t14-/m1/s1. The molecule has 1 aromatic carbocycles. The molecule has 0 spiro atoms. The fourth-order valence-electron chi connectivity index (χ4n) is 4.25. The highest BCUT2D eigenvalue weighted by Gasteiger charge is 2.24. The zero-order valence-corrected chi connectivity index (χ0v) is 18.1. The maximum Gasteiger partial charge on any atom is 0.166 e. The molecule has 31 heavy (non-hydrogen) atoms. The Balaban J connectivity index is 1.81. The van der Waals surface area contributed by atoms with Crippen LogP contribution in [0.25, 0.3) is 22.5 Å². The average molecular weight is 416 g/mol. The second kappa shape index (κ2) is 7.23. The number of rotatable bonds is 1. The molecule has 0 saturated carbocycles. The monoisotopic (exact) mass is 415 g/mol. The molecule has 5 rings (SSSR count). The van der Waals surface area contributed by atoms with Crippen molar-refractivity contribution in [2.24, 2.45) is 7.05 Å². The Labute approximate surface area is 180 Å². The topological polar surface area (TPSA) is 96.7 Å². The lowest BCUT2D eigenvalue weighted by molar-refractivity contribution is 0.228. The maximum absolute atomic E-state index is 6.35. The van der Waals surface area contributed by atoms with E-state index in [4.69, 9.17) is 20.7 Å². The van der Waals surface area contributed by atoms with Gasteiger partial charge < -0.3 is 10.5 Å². The van der Waals surface area contributed by atoms with E-state index in [2.05, 4.69) is 42.1 Å². The van der Waals surface area contributed by atoms with Gasteiger partial charge in [-0.1, -0.05) is 23.8 Å². The molecule has 3 aromatic heterocycles. The van der Waals surface area contributed by atoms with Gasteiger partial charge in [0.1, 0.15) is 11.8 Å². The molecule has 2 N–H and O–H groups in total. The van der Waals surface area contributed by atoms with Crippen LogP contribution in [0.3, 0.4) is 0 Å². The van der Waals surface area contributed by atoms with Gasteiger partial charge in [-0.2, -0.15) is 20.1 Å². The Morgan fingerprint density at radius 2 is 2.03 bits per heavy atom. The third-order valence-electron chi connectivity index (χ3n) is 5.72. The summed E-state index contributed by atoms with van der Waals surface area (Å²) in [5.74, 6) is 0.929. The maximum atomic E-state index is 6.35. The largest absolute Gasteiger partial charge is 0.482 e. The predicted molar refractivity (Wildman–Crippen MR) is 119 cm³/mol. The van der Waals surface area contributed by atoms with Crippen molar-refractivity contribution in [3.8, 4) is 28.3 Å². The second-order valence-corrected chi connectivity index (χ2v) is 7.95. The first-order chi connectivity index (χ1) is 14.9. The summed E-state index contributed by atoms with van der Waals surface area (Å²) in [6.45, 7) is 6.90. The van der Waals surface area contributed by atoms with Gasteiger partial charge >= 0.3 is 0 Å². The molecule has 0 fully saturated rings. The van der Waals surface area contributed by atoms with Crippen LogP contribution in [-0.4, -0.2) is 29.8 Å². The fraction of sp³-hybridized carbons (Fsp3) is 0.304. The average Bonchev–Trinajstić information content (AvgIpc) is 3.32. The number of ether oxygens (including phenoxy) is 1. The van der Waals surface area contributed by atoms with Crippen LogP contribution in [0.2, 0.25) is 0 Å². The van der Waals surface area contributed by atoms with E-state index in [1.807, 2.05) is 30.9 Å². The van der Waals surface area contributed by atoms with Crippen molar-refractivity contribution >= 4 is 5.82 Å². The number of pyridine rings is 1. The van der Waals surface area contributed by atoms with Crippen molar-refractivity contribution in [3.05, 3.63) is 59.0 Å². The van der Waals surface area contributed by atoms with Crippen molar-refractivity contribution in [2.75, 3.05) is 5.73 Å². The van der Waals surface area contributed by atoms with Gasteiger partial charge in [-0.3, -0.25) is 4.68 Å². The molecule has 1 atom stereocenters. The molecule has 2 bridgehead atoms. The van der Waals surface area contributed by atoms with E-state index in [1.165, 1.54) is 0 Å². The van der Waals surface area contributed by atoms with Gasteiger partial charge in [0, 0.05) is 48.5 Å². The van der Waals surface area contributed by atoms with E-state index in [-0.39, 0.29) is 6.10 Å². The van der Waals surface area contributed by atoms with Gasteiger partial charge in [-0.05, 0) is 26.8 Å². The number of aromatic nitrogens is 6. The normalized spacial score (nSPS) is 15.2. The summed E-state index contributed by atoms with van der Waals surface area (Å²) in [7, 11) is 1.85. The molecule has 4 heterocycles. The minimum atomic E-state index is -0.251. The van der Waals surface area contributed by atoms with Gasteiger partial charge in [0.25, 0.3) is 0 Å². The minimum absolute atomic E-state index is 0.251. The Hall–Kier alpha value is -3.68. The number of fused-ring (bicyclic) bond motifs is 7. The smallest absolute Gasteiger partial charge is 0.166 e. The van der Waals surface area contributed by atoms with Crippen molar-refractivity contribution in [1.82, 2.24) is 29.8 Å². The van der Waals surface area contributed by atoms with Crippen LogP contribution in [0.4, 0.5) is 5.82 Å². The molecule has 0 amide bonds. The Bertz CT molecular complexity index is 1290. The van der Waals surface area contributed by atoms with E-state index < -0.39 is 0 Å². The number of nitrogen functional groups attached to an aromatic ring is 1. The summed E-state index contributed by atoms with van der Waals surface area (Å²) < 4.78 is 8.32. The molecule has 1 aliphatic heterocycles. The summed E-state index contributed by atoms with van der Waals surface area (Å²) in [6, 6.07) is 8.28. The molecule has 0 unspecified atom stereocenters. The van der Waals surface area contributed by atoms with Crippen LogP contribution in [0.1, 0.15) is 42.3 Å². The van der Waals surface area contributed by atoms with E-state index in [1.54, 1.807) is 11.0 Å². The zero-order chi connectivity index (χ0) is 21.7. The quantitative estimate of drug-likeness (QED) is 0.509. The van der Waals surface area contributed by atoms with Crippen molar-refractivity contribution in [2.45, 2.75) is 39.8 Å². The Morgan fingerprint density at radius 3 is 2.84 bits per heavy atom. The van der Waals surface area contributed by atoms with Crippen LogP contribution in [0, 0.1) is 6.92 Å². The van der Waals surface area contributed by atoms with Gasteiger partial charge in [0.05, 0.1) is 17.6 Å².